The van der Waals surface area contributed by atoms with Crippen LogP contribution in [-0.2, 0) is 12.8 Å². The van der Waals surface area contributed by atoms with Crippen LogP contribution in [-0.4, -0.2) is 6.61 Å². The lowest BCUT2D eigenvalue weighted by molar-refractivity contribution is 0.353. The molecule has 0 aromatic heterocycles. The van der Waals surface area contributed by atoms with Crippen molar-refractivity contribution in [2.24, 2.45) is 0 Å². The van der Waals surface area contributed by atoms with Gasteiger partial charge in [-0.2, -0.15) is 0 Å². The van der Waals surface area contributed by atoms with Gasteiger partial charge in [0.15, 0.2) is 0 Å². The first-order valence-electron chi connectivity index (χ1n) is 4.57. The lowest BCUT2D eigenvalue weighted by Gasteiger charge is -2.07. The molecular weight excluding hydrogens is 148 g/mol. The lowest BCUT2D eigenvalue weighted by atomic mass is 10.0. The van der Waals surface area contributed by atoms with Crippen LogP contribution in [0, 0.1) is 6.92 Å². The van der Waals surface area contributed by atoms with Crippen LogP contribution >= 0.6 is 0 Å². The van der Waals surface area contributed by atoms with Gasteiger partial charge in [-0.15, -0.1) is 0 Å². The molecule has 0 atom stereocenters. The summed E-state index contributed by atoms with van der Waals surface area (Å²) in [5.41, 5.74) is 4.15. The van der Waals surface area contributed by atoms with E-state index in [4.69, 9.17) is 4.74 Å². The quantitative estimate of drug-likeness (QED) is 0.616. The molecule has 1 heterocycles. The highest BCUT2D eigenvalue weighted by Gasteiger charge is 2.16. The Bertz CT molecular complexity index is 302. The first-order valence-corrected chi connectivity index (χ1v) is 4.57. The van der Waals surface area contributed by atoms with Crippen LogP contribution < -0.4 is 4.74 Å². The molecule has 1 heteroatoms. The van der Waals surface area contributed by atoms with Gasteiger partial charge in [-0.1, -0.05) is 19.1 Å². The molecule has 1 aliphatic heterocycles. The third kappa shape index (κ3) is 1.01. The number of hydrogen-bond acceptors (Lipinski definition) is 1. The number of ether oxygens (including phenoxy) is 1. The Balaban J connectivity index is 2.57. The average Bonchev–Trinajstić information content (AvgIpc) is 2.54. The number of hydrogen-bond donors (Lipinski definition) is 0. The standard InChI is InChI=1S/C11H14O/c1-3-9-5-4-8(2)10-6-7-12-11(9)10/h4-5H,3,6-7H2,1-2H3. The van der Waals surface area contributed by atoms with Crippen LogP contribution in [0.25, 0.3) is 0 Å². The minimum Gasteiger partial charge on any atom is -0.493 e. The highest BCUT2D eigenvalue weighted by atomic mass is 16.5. The van der Waals surface area contributed by atoms with E-state index in [0.717, 1.165) is 25.2 Å². The van der Waals surface area contributed by atoms with E-state index >= 15 is 0 Å². The maximum absolute atomic E-state index is 5.60. The summed E-state index contributed by atoms with van der Waals surface area (Å²) in [6, 6.07) is 4.38. The van der Waals surface area contributed by atoms with Gasteiger partial charge < -0.3 is 4.74 Å². The zero-order valence-corrected chi connectivity index (χ0v) is 7.68. The minimum absolute atomic E-state index is 0.868. The molecule has 0 fully saturated rings. The highest BCUT2D eigenvalue weighted by molar-refractivity contribution is 5.48. The van der Waals surface area contributed by atoms with Gasteiger partial charge in [0.1, 0.15) is 5.75 Å². The molecule has 1 aromatic rings. The normalized spacial score (nSPS) is 14.2. The Morgan fingerprint density at radius 1 is 1.42 bits per heavy atom. The molecular formula is C11H14O. The first-order chi connectivity index (χ1) is 5.83. The third-order valence-corrected chi connectivity index (χ3v) is 2.56. The molecule has 0 spiro atoms. The Kier molecular flexibility index (Phi) is 1.80. The molecule has 0 amide bonds. The Morgan fingerprint density at radius 3 is 3.00 bits per heavy atom. The van der Waals surface area contributed by atoms with Gasteiger partial charge in [0.25, 0.3) is 0 Å². The van der Waals surface area contributed by atoms with Crippen molar-refractivity contribution in [2.75, 3.05) is 6.61 Å². The summed E-state index contributed by atoms with van der Waals surface area (Å²) in [5, 5.41) is 0. The first kappa shape index (κ1) is 7.66. The van der Waals surface area contributed by atoms with Crippen molar-refractivity contribution >= 4 is 0 Å². The maximum atomic E-state index is 5.60. The zero-order valence-electron chi connectivity index (χ0n) is 7.68. The van der Waals surface area contributed by atoms with Crippen LogP contribution in [0.5, 0.6) is 5.75 Å². The van der Waals surface area contributed by atoms with Crippen molar-refractivity contribution in [2.45, 2.75) is 26.7 Å². The van der Waals surface area contributed by atoms with E-state index in [9.17, 15) is 0 Å². The van der Waals surface area contributed by atoms with Crippen molar-refractivity contribution in [3.8, 4) is 5.75 Å². The summed E-state index contributed by atoms with van der Waals surface area (Å²) in [6.07, 6.45) is 2.16. The van der Waals surface area contributed by atoms with Crippen molar-refractivity contribution in [1.82, 2.24) is 0 Å². The Hall–Kier alpha value is -0.980. The summed E-state index contributed by atoms with van der Waals surface area (Å²) >= 11 is 0. The van der Waals surface area contributed by atoms with Crippen LogP contribution in [0.2, 0.25) is 0 Å². The van der Waals surface area contributed by atoms with E-state index in [1.165, 1.54) is 16.7 Å². The molecule has 0 saturated heterocycles. The van der Waals surface area contributed by atoms with E-state index in [-0.39, 0.29) is 0 Å². The topological polar surface area (TPSA) is 9.23 Å². The molecule has 1 aromatic carbocycles. The van der Waals surface area contributed by atoms with Gasteiger partial charge in [-0.3, -0.25) is 0 Å². The van der Waals surface area contributed by atoms with Crippen molar-refractivity contribution in [1.29, 1.82) is 0 Å². The fraction of sp³-hybridized carbons (Fsp3) is 0.455. The van der Waals surface area contributed by atoms with Crippen LogP contribution in [0.1, 0.15) is 23.6 Å². The molecule has 1 nitrogen and oxygen atoms in total. The summed E-state index contributed by atoms with van der Waals surface area (Å²) < 4.78 is 5.60. The van der Waals surface area contributed by atoms with Crippen molar-refractivity contribution < 1.29 is 4.74 Å². The van der Waals surface area contributed by atoms with E-state index in [1.54, 1.807) is 0 Å². The fourth-order valence-electron chi connectivity index (χ4n) is 1.80. The van der Waals surface area contributed by atoms with Crippen LogP contribution in [0.15, 0.2) is 12.1 Å². The van der Waals surface area contributed by atoms with Gasteiger partial charge in [0.05, 0.1) is 6.61 Å². The van der Waals surface area contributed by atoms with Crippen molar-refractivity contribution in [3.63, 3.8) is 0 Å². The van der Waals surface area contributed by atoms with Crippen molar-refractivity contribution in [3.05, 3.63) is 28.8 Å². The average molecular weight is 162 g/mol. The van der Waals surface area contributed by atoms with E-state index in [2.05, 4.69) is 26.0 Å². The lowest BCUT2D eigenvalue weighted by Crippen LogP contribution is -1.90. The SMILES string of the molecule is CCc1ccc(C)c2c1OCC2. The van der Waals surface area contributed by atoms with E-state index in [0.29, 0.717) is 0 Å². The molecule has 0 saturated carbocycles. The molecule has 1 aliphatic rings. The largest absolute Gasteiger partial charge is 0.493 e. The second kappa shape index (κ2) is 2.81. The fourth-order valence-corrected chi connectivity index (χ4v) is 1.80. The van der Waals surface area contributed by atoms with Crippen LogP contribution in [0.3, 0.4) is 0 Å². The Morgan fingerprint density at radius 2 is 2.25 bits per heavy atom. The summed E-state index contributed by atoms with van der Waals surface area (Å²) in [7, 11) is 0. The van der Waals surface area contributed by atoms with Gasteiger partial charge in [0, 0.05) is 12.0 Å². The highest BCUT2D eigenvalue weighted by Crippen LogP contribution is 2.32. The predicted molar refractivity (Wildman–Crippen MR) is 49.8 cm³/mol. The van der Waals surface area contributed by atoms with Gasteiger partial charge in [0.2, 0.25) is 0 Å². The maximum Gasteiger partial charge on any atom is 0.126 e. The second-order valence-electron chi connectivity index (χ2n) is 3.30. The summed E-state index contributed by atoms with van der Waals surface area (Å²) in [4.78, 5) is 0. The van der Waals surface area contributed by atoms with Gasteiger partial charge >= 0.3 is 0 Å². The van der Waals surface area contributed by atoms with E-state index in [1.807, 2.05) is 0 Å². The molecule has 0 N–H and O–H groups in total. The van der Waals surface area contributed by atoms with Crippen LogP contribution in [0.4, 0.5) is 0 Å². The molecule has 0 radical (unpaired) electrons. The number of rotatable bonds is 1. The third-order valence-electron chi connectivity index (χ3n) is 2.56. The molecule has 0 unspecified atom stereocenters. The smallest absolute Gasteiger partial charge is 0.126 e. The molecule has 64 valence electrons. The monoisotopic (exact) mass is 162 g/mol. The van der Waals surface area contributed by atoms with E-state index < -0.39 is 0 Å². The molecule has 0 bridgehead atoms. The summed E-state index contributed by atoms with van der Waals surface area (Å²) in [5.74, 6) is 1.16. The molecule has 0 aliphatic carbocycles. The second-order valence-corrected chi connectivity index (χ2v) is 3.30. The number of fused-ring (bicyclic) bond motifs is 1. The van der Waals surface area contributed by atoms with Gasteiger partial charge in [-0.05, 0) is 24.5 Å². The Labute approximate surface area is 73.4 Å². The zero-order chi connectivity index (χ0) is 8.55. The number of aryl methyl sites for hydroxylation is 2. The van der Waals surface area contributed by atoms with Gasteiger partial charge in [-0.25, -0.2) is 0 Å². The predicted octanol–water partition coefficient (Wildman–Crippen LogP) is 2.49. The molecule has 12 heavy (non-hydrogen) atoms. The minimum atomic E-state index is 0.868. The molecule has 2 rings (SSSR count). The number of benzene rings is 1. The summed E-state index contributed by atoms with van der Waals surface area (Å²) in [6.45, 7) is 5.20.